The molecule has 50 heavy (non-hydrogen) atoms. The molecule has 0 spiro atoms. The van der Waals surface area contributed by atoms with Crippen molar-refractivity contribution < 1.29 is 0 Å². The molecule has 8 aromatic rings. The summed E-state index contributed by atoms with van der Waals surface area (Å²) in [5, 5.41) is 21.2. The van der Waals surface area contributed by atoms with Crippen LogP contribution < -0.4 is 0 Å². The number of benzene rings is 7. The van der Waals surface area contributed by atoms with Crippen LogP contribution in [0.3, 0.4) is 0 Å². The Kier molecular flexibility index (Phi) is 7.91. The zero-order chi connectivity index (χ0) is 33.9. The van der Waals surface area contributed by atoms with Crippen molar-refractivity contribution in [2.45, 2.75) is 0 Å². The molecule has 0 radical (unpaired) electrons. The van der Waals surface area contributed by atoms with Crippen LogP contribution in [0.15, 0.2) is 164 Å². The standard InChI is InChI=1S/C45H27N5/c46-28-30-11-13-33(14-12-30)40-23-31(29-47)24-41(27-40)39-22-18-34-17-21-38(25-42(34)26-39)32-15-19-37(20-16-32)45-49-43(35-7-3-1-4-8-35)48-44(50-45)36-9-5-2-6-10-36/h1-27H. The van der Waals surface area contributed by atoms with Crippen molar-refractivity contribution >= 4 is 10.8 Å². The quantitative estimate of drug-likeness (QED) is 0.181. The molecule has 0 atom stereocenters. The van der Waals surface area contributed by atoms with E-state index < -0.39 is 0 Å². The summed E-state index contributed by atoms with van der Waals surface area (Å²) in [5.74, 6) is 1.88. The monoisotopic (exact) mass is 637 g/mol. The Morgan fingerprint density at radius 3 is 1.22 bits per heavy atom. The van der Waals surface area contributed by atoms with E-state index in [-0.39, 0.29) is 0 Å². The van der Waals surface area contributed by atoms with Crippen LogP contribution in [0.25, 0.3) is 78.3 Å². The molecule has 0 amide bonds. The van der Waals surface area contributed by atoms with Gasteiger partial charge in [-0.15, -0.1) is 0 Å². The first-order valence-corrected chi connectivity index (χ1v) is 16.2. The Morgan fingerprint density at radius 2 is 0.700 bits per heavy atom. The molecule has 0 aliphatic heterocycles. The summed E-state index contributed by atoms with van der Waals surface area (Å²) < 4.78 is 0. The minimum Gasteiger partial charge on any atom is -0.208 e. The van der Waals surface area contributed by atoms with Gasteiger partial charge in [-0.2, -0.15) is 10.5 Å². The van der Waals surface area contributed by atoms with E-state index in [0.29, 0.717) is 28.6 Å². The van der Waals surface area contributed by atoms with Gasteiger partial charge in [0.1, 0.15) is 0 Å². The summed E-state index contributed by atoms with van der Waals surface area (Å²) in [7, 11) is 0. The Hall–Kier alpha value is -7.21. The Labute approximate surface area is 290 Å². The van der Waals surface area contributed by atoms with Crippen LogP contribution in [-0.4, -0.2) is 15.0 Å². The highest BCUT2D eigenvalue weighted by Crippen LogP contribution is 2.33. The zero-order valence-electron chi connectivity index (χ0n) is 26.8. The van der Waals surface area contributed by atoms with Gasteiger partial charge in [0.2, 0.25) is 0 Å². The molecule has 0 saturated heterocycles. The van der Waals surface area contributed by atoms with Gasteiger partial charge >= 0.3 is 0 Å². The lowest BCUT2D eigenvalue weighted by Gasteiger charge is -2.11. The second-order valence-electron chi connectivity index (χ2n) is 12.0. The van der Waals surface area contributed by atoms with Gasteiger partial charge in [0.25, 0.3) is 0 Å². The molecule has 0 aliphatic rings. The molecular formula is C45H27N5. The third-order valence-corrected chi connectivity index (χ3v) is 8.76. The van der Waals surface area contributed by atoms with Crippen molar-refractivity contribution in [3.63, 3.8) is 0 Å². The Bertz CT molecular complexity index is 2520. The zero-order valence-corrected chi connectivity index (χ0v) is 26.8. The van der Waals surface area contributed by atoms with Gasteiger partial charge in [0.15, 0.2) is 17.5 Å². The van der Waals surface area contributed by atoms with E-state index in [1.54, 1.807) is 12.1 Å². The molecule has 0 aliphatic carbocycles. The summed E-state index contributed by atoms with van der Waals surface area (Å²) in [6, 6.07) is 59.0. The molecule has 1 aromatic heterocycles. The SMILES string of the molecule is N#Cc1ccc(-c2cc(C#N)cc(-c3ccc4ccc(-c5ccc(-c6nc(-c7ccccc7)nc(-c7ccccc7)n6)cc5)cc4c3)c2)cc1. The van der Waals surface area contributed by atoms with Gasteiger partial charge < -0.3 is 0 Å². The fourth-order valence-electron chi connectivity index (χ4n) is 6.12. The smallest absolute Gasteiger partial charge is 0.164 e. The molecule has 0 fully saturated rings. The fourth-order valence-corrected chi connectivity index (χ4v) is 6.12. The molecule has 0 unspecified atom stereocenters. The molecule has 7 aromatic carbocycles. The molecule has 5 heteroatoms. The highest BCUT2D eigenvalue weighted by atomic mass is 15.0. The topological polar surface area (TPSA) is 86.2 Å². The van der Waals surface area contributed by atoms with Crippen molar-refractivity contribution in [3.8, 4) is 79.7 Å². The fraction of sp³-hybridized carbons (Fsp3) is 0. The summed E-state index contributed by atoms with van der Waals surface area (Å²) >= 11 is 0. The van der Waals surface area contributed by atoms with E-state index in [0.717, 1.165) is 60.8 Å². The third kappa shape index (κ3) is 6.11. The lowest BCUT2D eigenvalue weighted by molar-refractivity contribution is 1.07. The average molecular weight is 638 g/mol. The predicted molar refractivity (Wildman–Crippen MR) is 199 cm³/mol. The number of nitriles is 2. The normalized spacial score (nSPS) is 10.8. The van der Waals surface area contributed by atoms with Crippen LogP contribution in [-0.2, 0) is 0 Å². The third-order valence-electron chi connectivity index (χ3n) is 8.76. The Balaban J connectivity index is 1.13. The summed E-state index contributed by atoms with van der Waals surface area (Å²) in [4.78, 5) is 14.6. The van der Waals surface area contributed by atoms with E-state index in [1.807, 2.05) is 84.9 Å². The van der Waals surface area contributed by atoms with Gasteiger partial charge in [0.05, 0.1) is 23.3 Å². The van der Waals surface area contributed by atoms with Crippen molar-refractivity contribution in [1.29, 1.82) is 10.5 Å². The van der Waals surface area contributed by atoms with Crippen LogP contribution in [0, 0.1) is 22.7 Å². The van der Waals surface area contributed by atoms with Crippen molar-refractivity contribution in [2.24, 2.45) is 0 Å². The second-order valence-corrected chi connectivity index (χ2v) is 12.0. The first-order chi connectivity index (χ1) is 24.6. The summed E-state index contributed by atoms with van der Waals surface area (Å²) in [6.07, 6.45) is 0. The highest BCUT2D eigenvalue weighted by Gasteiger charge is 2.13. The van der Waals surface area contributed by atoms with Gasteiger partial charge in [-0.3, -0.25) is 0 Å². The van der Waals surface area contributed by atoms with Crippen molar-refractivity contribution in [3.05, 3.63) is 175 Å². The molecule has 0 saturated carbocycles. The number of hydrogen-bond donors (Lipinski definition) is 0. The van der Waals surface area contributed by atoms with Crippen LogP contribution >= 0.6 is 0 Å². The maximum absolute atomic E-state index is 9.82. The van der Waals surface area contributed by atoms with Gasteiger partial charge in [-0.1, -0.05) is 121 Å². The molecule has 1 heterocycles. The highest BCUT2D eigenvalue weighted by molar-refractivity contribution is 5.91. The second kappa shape index (κ2) is 13.1. The molecule has 8 rings (SSSR count). The maximum Gasteiger partial charge on any atom is 0.164 e. The molecular weight excluding hydrogens is 611 g/mol. The minimum atomic E-state index is 0.584. The lowest BCUT2D eigenvalue weighted by Crippen LogP contribution is -2.00. The van der Waals surface area contributed by atoms with E-state index >= 15 is 0 Å². The lowest BCUT2D eigenvalue weighted by atomic mass is 9.94. The molecule has 0 bridgehead atoms. The first-order valence-electron chi connectivity index (χ1n) is 16.2. The van der Waals surface area contributed by atoms with Crippen LogP contribution in [0.5, 0.6) is 0 Å². The van der Waals surface area contributed by atoms with Gasteiger partial charge in [-0.05, 0) is 86.6 Å². The number of fused-ring (bicyclic) bond motifs is 1. The van der Waals surface area contributed by atoms with Crippen LogP contribution in [0.2, 0.25) is 0 Å². The number of nitrogens with zero attached hydrogens (tertiary/aromatic N) is 5. The van der Waals surface area contributed by atoms with E-state index in [9.17, 15) is 10.5 Å². The van der Waals surface area contributed by atoms with Gasteiger partial charge in [0, 0.05) is 16.7 Å². The van der Waals surface area contributed by atoms with E-state index in [1.165, 1.54) is 0 Å². The van der Waals surface area contributed by atoms with Crippen molar-refractivity contribution in [1.82, 2.24) is 15.0 Å². The number of hydrogen-bond acceptors (Lipinski definition) is 5. The predicted octanol–water partition coefficient (Wildman–Crippen LogP) is 10.8. The number of aromatic nitrogens is 3. The average Bonchev–Trinajstić information content (AvgIpc) is 3.20. The number of rotatable bonds is 6. The van der Waals surface area contributed by atoms with E-state index in [2.05, 4.69) is 78.9 Å². The van der Waals surface area contributed by atoms with E-state index in [4.69, 9.17) is 15.0 Å². The van der Waals surface area contributed by atoms with Crippen LogP contribution in [0.1, 0.15) is 11.1 Å². The summed E-state index contributed by atoms with van der Waals surface area (Å²) in [5.41, 5.74) is 10.0. The largest absolute Gasteiger partial charge is 0.208 e. The molecule has 5 nitrogen and oxygen atoms in total. The first kappa shape index (κ1) is 30.1. The van der Waals surface area contributed by atoms with Gasteiger partial charge in [-0.25, -0.2) is 15.0 Å². The summed E-state index contributed by atoms with van der Waals surface area (Å²) in [6.45, 7) is 0. The van der Waals surface area contributed by atoms with Crippen LogP contribution in [0.4, 0.5) is 0 Å². The minimum absolute atomic E-state index is 0.584. The Morgan fingerprint density at radius 1 is 0.300 bits per heavy atom. The maximum atomic E-state index is 9.82. The molecule has 232 valence electrons. The van der Waals surface area contributed by atoms with Crippen molar-refractivity contribution in [2.75, 3.05) is 0 Å². The molecule has 0 N–H and O–H groups in total.